The largest absolute Gasteiger partial charge is 0.707 e. The second-order valence-electron chi connectivity index (χ2n) is 7.20. The number of alkyl halides is 1. The monoisotopic (exact) mass is 465 g/mol. The highest BCUT2D eigenvalue weighted by atomic mass is 79.9. The molecule has 0 radical (unpaired) electrons. The molecule has 0 aliphatic carbocycles. The first-order valence-electron chi connectivity index (χ1n) is 8.72. The lowest BCUT2D eigenvalue weighted by molar-refractivity contribution is -0.107. The second-order valence-corrected chi connectivity index (χ2v) is 7.76. The Kier molecular flexibility index (Phi) is 9.14. The first-order valence-corrected chi connectivity index (χ1v) is 9.84. The number of halogens is 1. The maximum atomic E-state index is 9.10. The van der Waals surface area contributed by atoms with Gasteiger partial charge in [-0.2, -0.15) is 5.26 Å². The molecule has 0 fully saturated rings. The van der Waals surface area contributed by atoms with Crippen molar-refractivity contribution in [2.75, 3.05) is 0 Å². The number of rotatable bonds is 6. The van der Waals surface area contributed by atoms with E-state index in [1.807, 2.05) is 6.07 Å². The summed E-state index contributed by atoms with van der Waals surface area (Å²) in [6.45, 7) is 6.31. The summed E-state index contributed by atoms with van der Waals surface area (Å²) in [5, 5.41) is 45.1. The third-order valence-corrected chi connectivity index (χ3v) is 4.73. The van der Waals surface area contributed by atoms with Crippen molar-refractivity contribution in [3.8, 4) is 23.3 Å². The predicted octanol–water partition coefficient (Wildman–Crippen LogP) is 3.12. The minimum atomic E-state index is -1.87. The normalized spacial score (nSPS) is 11.0. The molecule has 4 N–H and O–H groups in total. The standard InChI is InChI=1S/C14H11BBrNO4.C6H14O2/c16-8-11-7-13(5-6-14(11)21-15(18)19)20-12-3-1-10(9-17)2-4-12;1-5(2,7)6(3,4)8/h1-7,18-19H,8H2;7-8H,1-4H3. The third kappa shape index (κ3) is 8.44. The van der Waals surface area contributed by atoms with Crippen LogP contribution in [-0.2, 0) is 5.33 Å². The van der Waals surface area contributed by atoms with Crippen molar-refractivity contribution < 1.29 is 29.7 Å². The quantitative estimate of drug-likeness (QED) is 0.381. The van der Waals surface area contributed by atoms with E-state index in [-0.39, 0.29) is 0 Å². The molecule has 0 aromatic heterocycles. The highest BCUT2D eigenvalue weighted by Crippen LogP contribution is 2.29. The summed E-state index contributed by atoms with van der Waals surface area (Å²) < 4.78 is 10.5. The van der Waals surface area contributed by atoms with E-state index >= 15 is 0 Å². The highest BCUT2D eigenvalue weighted by molar-refractivity contribution is 9.08. The average molecular weight is 466 g/mol. The van der Waals surface area contributed by atoms with E-state index < -0.39 is 18.5 Å². The van der Waals surface area contributed by atoms with E-state index in [0.717, 1.165) is 0 Å². The maximum absolute atomic E-state index is 9.10. The summed E-state index contributed by atoms with van der Waals surface area (Å²) in [5.74, 6) is 1.54. The molecule has 7 nitrogen and oxygen atoms in total. The van der Waals surface area contributed by atoms with Crippen LogP contribution in [0.2, 0.25) is 0 Å². The van der Waals surface area contributed by atoms with E-state index in [4.69, 9.17) is 34.9 Å². The zero-order valence-electron chi connectivity index (χ0n) is 16.8. The summed E-state index contributed by atoms with van der Waals surface area (Å²) in [6, 6.07) is 13.7. The van der Waals surface area contributed by atoms with E-state index in [0.29, 0.717) is 33.7 Å². The molecule has 29 heavy (non-hydrogen) atoms. The number of aliphatic hydroxyl groups is 2. The van der Waals surface area contributed by atoms with Gasteiger partial charge in [0.2, 0.25) is 0 Å². The second kappa shape index (κ2) is 10.6. The molecule has 0 bridgehead atoms. The van der Waals surface area contributed by atoms with Crippen LogP contribution in [-0.4, -0.2) is 38.8 Å². The van der Waals surface area contributed by atoms with Crippen molar-refractivity contribution in [1.29, 1.82) is 5.26 Å². The summed E-state index contributed by atoms with van der Waals surface area (Å²) in [7, 11) is -1.87. The van der Waals surface area contributed by atoms with Crippen LogP contribution in [0.1, 0.15) is 38.8 Å². The van der Waals surface area contributed by atoms with Crippen LogP contribution in [0.3, 0.4) is 0 Å². The lowest BCUT2D eigenvalue weighted by Gasteiger charge is -2.31. The lowest BCUT2D eigenvalue weighted by Crippen LogP contribution is -2.44. The van der Waals surface area contributed by atoms with Crippen LogP contribution >= 0.6 is 15.9 Å². The first-order chi connectivity index (χ1) is 13.4. The molecule has 2 aromatic rings. The molecular formula is C20H25BBrNO6. The van der Waals surface area contributed by atoms with Gasteiger partial charge in [0, 0.05) is 10.9 Å². The van der Waals surface area contributed by atoms with Gasteiger partial charge < -0.3 is 29.7 Å². The van der Waals surface area contributed by atoms with Crippen LogP contribution < -0.4 is 9.39 Å². The van der Waals surface area contributed by atoms with Gasteiger partial charge in [-0.1, -0.05) is 15.9 Å². The molecular weight excluding hydrogens is 441 g/mol. The number of hydrogen-bond acceptors (Lipinski definition) is 7. The van der Waals surface area contributed by atoms with Gasteiger partial charge in [0.15, 0.2) is 0 Å². The van der Waals surface area contributed by atoms with Crippen molar-refractivity contribution in [3.05, 3.63) is 53.6 Å². The Bertz CT molecular complexity index is 811. The predicted molar refractivity (Wildman–Crippen MR) is 114 cm³/mol. The zero-order valence-corrected chi connectivity index (χ0v) is 18.3. The highest BCUT2D eigenvalue weighted by Gasteiger charge is 2.31. The molecule has 0 aliphatic rings. The first kappa shape index (κ1) is 25.0. The SMILES string of the molecule is CC(C)(O)C(C)(C)O.N#Cc1ccc(Oc2ccc(OB(O)O)c(CBr)c2)cc1. The van der Waals surface area contributed by atoms with Gasteiger partial charge in [-0.15, -0.1) is 0 Å². The van der Waals surface area contributed by atoms with Crippen molar-refractivity contribution >= 4 is 23.3 Å². The molecule has 156 valence electrons. The Labute approximate surface area is 179 Å². The van der Waals surface area contributed by atoms with Crippen molar-refractivity contribution in [1.82, 2.24) is 0 Å². The molecule has 0 atom stereocenters. The molecule has 2 aromatic carbocycles. The van der Waals surface area contributed by atoms with Crippen LogP contribution in [0.5, 0.6) is 17.2 Å². The maximum Gasteiger partial charge on any atom is 0.707 e. The van der Waals surface area contributed by atoms with Gasteiger partial charge in [-0.25, -0.2) is 0 Å². The Morgan fingerprint density at radius 1 is 0.966 bits per heavy atom. The van der Waals surface area contributed by atoms with Gasteiger partial charge in [-0.05, 0) is 70.2 Å². The zero-order chi connectivity index (χ0) is 22.2. The van der Waals surface area contributed by atoms with Crippen LogP contribution in [0.25, 0.3) is 0 Å². The van der Waals surface area contributed by atoms with Gasteiger partial charge in [0.1, 0.15) is 17.2 Å². The van der Waals surface area contributed by atoms with E-state index in [1.54, 1.807) is 70.2 Å². The topological polar surface area (TPSA) is 123 Å². The fraction of sp³-hybridized carbons (Fsp3) is 0.350. The molecule has 0 saturated carbocycles. The minimum Gasteiger partial charge on any atom is -0.512 e. The van der Waals surface area contributed by atoms with E-state index in [2.05, 4.69) is 15.9 Å². The van der Waals surface area contributed by atoms with Gasteiger partial charge in [-0.3, -0.25) is 0 Å². The smallest absolute Gasteiger partial charge is 0.512 e. The molecule has 2 rings (SSSR count). The van der Waals surface area contributed by atoms with Gasteiger partial charge in [0.25, 0.3) is 0 Å². The summed E-state index contributed by atoms with van der Waals surface area (Å²) in [4.78, 5) is 0. The van der Waals surface area contributed by atoms with Gasteiger partial charge in [0.05, 0.1) is 22.8 Å². The van der Waals surface area contributed by atoms with Gasteiger partial charge >= 0.3 is 7.32 Å². The molecule has 0 aliphatic heterocycles. The van der Waals surface area contributed by atoms with Crippen LogP contribution in [0.4, 0.5) is 0 Å². The Morgan fingerprint density at radius 3 is 1.90 bits per heavy atom. The number of ether oxygens (including phenoxy) is 1. The Balaban J connectivity index is 0.000000447. The Morgan fingerprint density at radius 2 is 1.48 bits per heavy atom. The van der Waals surface area contributed by atoms with Crippen molar-refractivity contribution in [2.24, 2.45) is 0 Å². The number of hydrogen-bond donors (Lipinski definition) is 4. The number of benzene rings is 2. The van der Waals surface area contributed by atoms with Crippen molar-refractivity contribution in [3.63, 3.8) is 0 Å². The molecule has 0 spiro atoms. The fourth-order valence-electron chi connectivity index (χ4n) is 1.69. The van der Waals surface area contributed by atoms with E-state index in [1.165, 1.54) is 0 Å². The summed E-state index contributed by atoms with van der Waals surface area (Å²) in [5.41, 5.74) is -0.738. The molecule has 9 heteroatoms. The average Bonchev–Trinajstić information content (AvgIpc) is 2.62. The molecule has 0 unspecified atom stereocenters. The van der Waals surface area contributed by atoms with Crippen molar-refractivity contribution in [2.45, 2.75) is 44.2 Å². The van der Waals surface area contributed by atoms with E-state index in [9.17, 15) is 0 Å². The summed E-state index contributed by atoms with van der Waals surface area (Å²) >= 11 is 3.30. The lowest BCUT2D eigenvalue weighted by atomic mass is 9.90. The number of nitriles is 1. The molecule has 0 heterocycles. The number of nitrogens with zero attached hydrogens (tertiary/aromatic N) is 1. The summed E-state index contributed by atoms with van der Waals surface area (Å²) in [6.07, 6.45) is 0. The van der Waals surface area contributed by atoms with Crippen LogP contribution in [0.15, 0.2) is 42.5 Å². The Hall–Kier alpha value is -2.09. The third-order valence-electron chi connectivity index (χ3n) is 4.12. The minimum absolute atomic E-state index is 0.356. The molecule has 0 saturated heterocycles. The molecule has 0 amide bonds. The van der Waals surface area contributed by atoms with Crippen LogP contribution in [0, 0.1) is 11.3 Å². The fourth-order valence-corrected chi connectivity index (χ4v) is 2.12.